The first-order valence-corrected chi connectivity index (χ1v) is 13.7. The summed E-state index contributed by atoms with van der Waals surface area (Å²) in [4.78, 5) is 24.5. The predicted molar refractivity (Wildman–Crippen MR) is 137 cm³/mol. The first kappa shape index (κ1) is 29.7. The lowest BCUT2D eigenvalue weighted by atomic mass is 9.83. The minimum absolute atomic E-state index is 0.103. The number of carbonyl (C=O) groups is 2. The first-order chi connectivity index (χ1) is 15.6. The highest BCUT2D eigenvalue weighted by Crippen LogP contribution is 2.30. The maximum atomic E-state index is 12.9. The fourth-order valence-corrected chi connectivity index (χ4v) is 5.16. The fraction of sp³-hybridized carbons (Fsp3) is 0.862. The van der Waals surface area contributed by atoms with Crippen molar-refractivity contribution in [1.29, 1.82) is 0 Å². The van der Waals surface area contributed by atoms with E-state index in [-0.39, 0.29) is 12.1 Å². The molecule has 0 aliphatic heterocycles. The zero-order valence-electron chi connectivity index (χ0n) is 22.2. The normalized spacial score (nSPS) is 20.4. The van der Waals surface area contributed by atoms with Crippen LogP contribution in [0.1, 0.15) is 131 Å². The first-order valence-electron chi connectivity index (χ1n) is 13.7. The third kappa shape index (κ3) is 13.9. The molecule has 0 spiro atoms. The highest BCUT2D eigenvalue weighted by Gasteiger charge is 2.35. The van der Waals surface area contributed by atoms with Crippen LogP contribution in [0.25, 0.3) is 0 Å². The molecule has 0 aromatic carbocycles. The molecule has 0 aromatic heterocycles. The minimum atomic E-state index is -0.893. The number of rotatable bonds is 17. The number of carbonyl (C=O) groups excluding carboxylic acids is 1. The molecule has 33 heavy (non-hydrogen) atoms. The zero-order valence-corrected chi connectivity index (χ0v) is 22.2. The Hall–Kier alpha value is -1.32. The molecule has 1 aliphatic rings. The molecule has 1 aliphatic carbocycles. The van der Waals surface area contributed by atoms with E-state index in [1.54, 1.807) is 6.08 Å². The fourth-order valence-electron chi connectivity index (χ4n) is 5.16. The van der Waals surface area contributed by atoms with Crippen LogP contribution in [0.5, 0.6) is 0 Å². The molecule has 0 amide bonds. The zero-order chi connectivity index (χ0) is 24.7. The van der Waals surface area contributed by atoms with Crippen molar-refractivity contribution < 1.29 is 19.4 Å². The van der Waals surface area contributed by atoms with Crippen molar-refractivity contribution in [2.45, 2.75) is 137 Å². The molecule has 0 saturated heterocycles. The number of ether oxygens (including phenoxy) is 1. The number of carboxylic acids is 1. The third-order valence-electron chi connectivity index (χ3n) is 6.87. The lowest BCUT2D eigenvalue weighted by Crippen LogP contribution is -2.34. The number of esters is 1. The van der Waals surface area contributed by atoms with Crippen molar-refractivity contribution >= 4 is 11.9 Å². The molecular formula is C29H52O4. The molecule has 1 rings (SSSR count). The molecule has 0 fully saturated rings. The van der Waals surface area contributed by atoms with Gasteiger partial charge in [0.15, 0.2) is 0 Å². The van der Waals surface area contributed by atoms with Gasteiger partial charge in [-0.3, -0.25) is 9.59 Å². The van der Waals surface area contributed by atoms with E-state index in [1.165, 1.54) is 51.4 Å². The molecule has 4 atom stereocenters. The summed E-state index contributed by atoms with van der Waals surface area (Å²) in [5, 5.41) is 9.53. The van der Waals surface area contributed by atoms with Crippen LogP contribution >= 0.6 is 0 Å². The monoisotopic (exact) mass is 464 g/mol. The number of hydrogen-bond donors (Lipinski definition) is 1. The van der Waals surface area contributed by atoms with E-state index >= 15 is 0 Å². The van der Waals surface area contributed by atoms with E-state index in [0.717, 1.165) is 32.1 Å². The summed E-state index contributed by atoms with van der Waals surface area (Å²) in [5.41, 5.74) is 0.296. The third-order valence-corrected chi connectivity index (χ3v) is 6.87. The van der Waals surface area contributed by atoms with Crippen molar-refractivity contribution in [1.82, 2.24) is 0 Å². The van der Waals surface area contributed by atoms with Crippen LogP contribution < -0.4 is 0 Å². The number of carboxylic acid groups (broad SMARTS) is 1. The van der Waals surface area contributed by atoms with Crippen molar-refractivity contribution in [2.24, 2.45) is 23.2 Å². The van der Waals surface area contributed by atoms with Crippen LogP contribution in [-0.2, 0) is 14.3 Å². The Bertz CT molecular complexity index is 575. The predicted octanol–water partition coefficient (Wildman–Crippen LogP) is 8.34. The maximum absolute atomic E-state index is 12.9. The molecule has 0 saturated carbocycles. The SMILES string of the molecule is CCCCCCCCCCCC(CCC(C)CC(C)(C)C)OC(=O)C1C=CCCC1C(=O)O. The molecule has 4 unspecified atom stereocenters. The van der Waals surface area contributed by atoms with Gasteiger partial charge >= 0.3 is 11.9 Å². The summed E-state index contributed by atoms with van der Waals surface area (Å²) >= 11 is 0. The average molecular weight is 465 g/mol. The molecular weight excluding hydrogens is 412 g/mol. The van der Waals surface area contributed by atoms with Crippen LogP contribution in [0.3, 0.4) is 0 Å². The van der Waals surface area contributed by atoms with Crippen LogP contribution in [0, 0.1) is 23.2 Å². The quantitative estimate of drug-likeness (QED) is 0.133. The number of unbranched alkanes of at least 4 members (excludes halogenated alkanes) is 8. The van der Waals surface area contributed by atoms with Crippen LogP contribution in [-0.4, -0.2) is 23.1 Å². The van der Waals surface area contributed by atoms with Gasteiger partial charge in [-0.05, 0) is 56.3 Å². The highest BCUT2D eigenvalue weighted by molar-refractivity contribution is 5.83. The van der Waals surface area contributed by atoms with Gasteiger partial charge in [0.2, 0.25) is 0 Å². The van der Waals surface area contributed by atoms with E-state index in [0.29, 0.717) is 24.2 Å². The smallest absolute Gasteiger partial charge is 0.313 e. The van der Waals surface area contributed by atoms with Gasteiger partial charge in [0, 0.05) is 0 Å². The Kier molecular flexibility index (Phi) is 14.7. The standard InChI is InChI=1S/C29H52O4/c1-6-7-8-9-10-11-12-13-14-17-24(21-20-23(2)22-29(3,4)5)33-28(32)26-19-16-15-18-25(26)27(30)31/h16,19,23-26H,6-15,17-18,20-22H2,1-5H3,(H,30,31). The van der Waals surface area contributed by atoms with Crippen LogP contribution in [0.2, 0.25) is 0 Å². The summed E-state index contributed by atoms with van der Waals surface area (Å²) in [6, 6.07) is 0. The van der Waals surface area contributed by atoms with Gasteiger partial charge in [-0.1, -0.05) is 98.1 Å². The summed E-state index contributed by atoms with van der Waals surface area (Å²) in [5.74, 6) is -1.96. The van der Waals surface area contributed by atoms with Crippen molar-refractivity contribution in [3.63, 3.8) is 0 Å². The van der Waals surface area contributed by atoms with Crippen molar-refractivity contribution in [3.8, 4) is 0 Å². The maximum Gasteiger partial charge on any atom is 0.313 e. The second-order valence-electron chi connectivity index (χ2n) is 11.6. The Balaban J connectivity index is 2.54. The second-order valence-corrected chi connectivity index (χ2v) is 11.6. The average Bonchev–Trinajstić information content (AvgIpc) is 2.74. The van der Waals surface area contributed by atoms with Gasteiger partial charge in [-0.25, -0.2) is 0 Å². The van der Waals surface area contributed by atoms with Crippen molar-refractivity contribution in [2.75, 3.05) is 0 Å². The molecule has 0 bridgehead atoms. The van der Waals surface area contributed by atoms with Crippen LogP contribution in [0.4, 0.5) is 0 Å². The Labute approximate surface area is 203 Å². The van der Waals surface area contributed by atoms with E-state index in [4.69, 9.17) is 4.74 Å². The highest BCUT2D eigenvalue weighted by atomic mass is 16.5. The molecule has 0 heterocycles. The number of aliphatic carboxylic acids is 1. The molecule has 0 radical (unpaired) electrons. The van der Waals surface area contributed by atoms with Gasteiger partial charge in [0.1, 0.15) is 6.10 Å². The topological polar surface area (TPSA) is 63.6 Å². The Morgan fingerprint density at radius 2 is 1.58 bits per heavy atom. The molecule has 4 nitrogen and oxygen atoms in total. The van der Waals surface area contributed by atoms with E-state index in [9.17, 15) is 14.7 Å². The number of hydrogen-bond acceptors (Lipinski definition) is 3. The van der Waals surface area contributed by atoms with Gasteiger partial charge < -0.3 is 9.84 Å². The summed E-state index contributed by atoms with van der Waals surface area (Å²) < 4.78 is 5.97. The van der Waals surface area contributed by atoms with Gasteiger partial charge in [0.05, 0.1) is 11.8 Å². The summed E-state index contributed by atoms with van der Waals surface area (Å²) in [6.45, 7) is 11.3. The second kappa shape index (κ2) is 16.3. The molecule has 4 heteroatoms. The summed E-state index contributed by atoms with van der Waals surface area (Å²) in [7, 11) is 0. The molecule has 1 N–H and O–H groups in total. The lowest BCUT2D eigenvalue weighted by molar-refractivity contribution is -0.160. The van der Waals surface area contributed by atoms with Crippen molar-refractivity contribution in [3.05, 3.63) is 12.2 Å². The Morgan fingerprint density at radius 1 is 0.970 bits per heavy atom. The van der Waals surface area contributed by atoms with E-state index in [2.05, 4.69) is 34.6 Å². The van der Waals surface area contributed by atoms with Gasteiger partial charge in [-0.15, -0.1) is 0 Å². The Morgan fingerprint density at radius 3 is 2.15 bits per heavy atom. The molecule has 192 valence electrons. The summed E-state index contributed by atoms with van der Waals surface area (Å²) in [6.07, 6.45) is 20.2. The van der Waals surface area contributed by atoms with Crippen LogP contribution in [0.15, 0.2) is 12.2 Å². The lowest BCUT2D eigenvalue weighted by Gasteiger charge is -2.27. The van der Waals surface area contributed by atoms with E-state index in [1.807, 2.05) is 6.08 Å². The minimum Gasteiger partial charge on any atom is -0.481 e. The largest absolute Gasteiger partial charge is 0.481 e. The number of allylic oxidation sites excluding steroid dienone is 1. The van der Waals surface area contributed by atoms with E-state index < -0.39 is 17.8 Å². The molecule has 0 aromatic rings. The van der Waals surface area contributed by atoms with Gasteiger partial charge in [0.25, 0.3) is 0 Å². The van der Waals surface area contributed by atoms with Gasteiger partial charge in [-0.2, -0.15) is 0 Å².